The van der Waals surface area contributed by atoms with Gasteiger partial charge in [0.05, 0.1) is 25.8 Å². The summed E-state index contributed by atoms with van der Waals surface area (Å²) in [6.07, 6.45) is 2.48. The highest BCUT2D eigenvalue weighted by Crippen LogP contribution is 2.53. The Hall–Kier alpha value is -5.31. The molecule has 60 heavy (non-hydrogen) atoms. The van der Waals surface area contributed by atoms with Crippen molar-refractivity contribution in [1.82, 2.24) is 14.5 Å². The van der Waals surface area contributed by atoms with Gasteiger partial charge < -0.3 is 24.4 Å². The summed E-state index contributed by atoms with van der Waals surface area (Å²) < 4.78 is 46.8. The highest BCUT2D eigenvalue weighted by atomic mass is 28.4. The Morgan fingerprint density at radius 3 is 2.15 bits per heavy atom. The Labute approximate surface area is 349 Å². The molecule has 4 aromatic carbocycles. The molecule has 1 spiro atoms. The Bertz CT molecular complexity index is 2410. The Kier molecular flexibility index (Phi) is 11.0. The van der Waals surface area contributed by atoms with E-state index in [0.29, 0.717) is 12.8 Å². The first-order valence-corrected chi connectivity index (χ1v) is 22.3. The molecule has 0 aliphatic carbocycles. The van der Waals surface area contributed by atoms with Crippen LogP contribution in [-0.2, 0) is 27.2 Å². The molecule has 0 radical (unpaired) electrons. The summed E-state index contributed by atoms with van der Waals surface area (Å²) >= 11 is 0. The molecule has 0 saturated carbocycles. The van der Waals surface area contributed by atoms with Gasteiger partial charge in [0.1, 0.15) is 28.5 Å². The maximum Gasteiger partial charge on any atom is 0.270 e. The normalized spacial score (nSPS) is 23.1. The average molecular weight is 833 g/mol. The van der Waals surface area contributed by atoms with Gasteiger partial charge in [0, 0.05) is 42.9 Å². The first-order valence-electron chi connectivity index (χ1n) is 20.4. The Morgan fingerprint density at radius 2 is 1.55 bits per heavy atom. The fourth-order valence-electron chi connectivity index (χ4n) is 9.49. The van der Waals surface area contributed by atoms with Crippen molar-refractivity contribution in [2.45, 2.75) is 88.6 Å². The number of rotatable bonds is 11. The average Bonchev–Trinajstić information content (AvgIpc) is 3.48. The van der Waals surface area contributed by atoms with Gasteiger partial charge in [-0.1, -0.05) is 118 Å². The van der Waals surface area contributed by atoms with E-state index in [4.69, 9.17) is 19.7 Å². The fourth-order valence-corrected chi connectivity index (χ4v) is 14.1. The number of hydroxylamine groups is 2. The summed E-state index contributed by atoms with van der Waals surface area (Å²) in [5, 5.41) is 3.33. The quantitative estimate of drug-likeness (QED) is 0.152. The summed E-state index contributed by atoms with van der Waals surface area (Å²) in [4.78, 5) is 48.9. The van der Waals surface area contributed by atoms with E-state index in [0.717, 1.165) is 22.0 Å². The maximum absolute atomic E-state index is 15.8. The zero-order chi connectivity index (χ0) is 42.5. The SMILES string of the molecule is CC1CCC2(CC(CO[Si](c3ccccc3)(c3ccccc3)C(C)(C)C)(OCc3ccccc3)N(Cc3ccc(F)cc3F)O2)C2CN1C(=O)c1cc(=O)c(C(N)=O)cn12. The van der Waals surface area contributed by atoms with Crippen molar-refractivity contribution >= 4 is 30.5 Å². The van der Waals surface area contributed by atoms with Crippen molar-refractivity contribution in [2.24, 2.45) is 5.73 Å². The van der Waals surface area contributed by atoms with Crippen LogP contribution in [-0.4, -0.2) is 65.2 Å². The number of nitrogens with two attached hydrogens (primary N) is 1. The molecule has 3 aliphatic heterocycles. The molecule has 8 rings (SSSR count). The van der Waals surface area contributed by atoms with E-state index >= 15 is 4.39 Å². The number of hydrogen-bond donors (Lipinski definition) is 1. The van der Waals surface area contributed by atoms with Crippen molar-refractivity contribution in [3.8, 4) is 0 Å². The number of aromatic nitrogens is 1. The van der Waals surface area contributed by atoms with Gasteiger partial charge in [0.15, 0.2) is 11.2 Å². The highest BCUT2D eigenvalue weighted by molar-refractivity contribution is 6.99. The van der Waals surface area contributed by atoms with Crippen molar-refractivity contribution in [2.75, 3.05) is 13.2 Å². The van der Waals surface area contributed by atoms with Crippen molar-refractivity contribution in [1.29, 1.82) is 0 Å². The largest absolute Gasteiger partial charge is 0.403 e. The predicted molar refractivity (Wildman–Crippen MR) is 226 cm³/mol. The maximum atomic E-state index is 15.8. The van der Waals surface area contributed by atoms with Crippen LogP contribution in [0.1, 0.15) is 85.0 Å². The monoisotopic (exact) mass is 832 g/mol. The number of ether oxygens (including phenoxy) is 1. The van der Waals surface area contributed by atoms with Gasteiger partial charge in [0.25, 0.3) is 20.1 Å². The lowest BCUT2D eigenvalue weighted by Crippen LogP contribution is -2.68. The third-order valence-corrected chi connectivity index (χ3v) is 17.6. The van der Waals surface area contributed by atoms with E-state index in [9.17, 15) is 18.8 Å². The second-order valence-electron chi connectivity index (χ2n) is 17.3. The molecular weight excluding hydrogens is 783 g/mol. The van der Waals surface area contributed by atoms with Gasteiger partial charge in [-0.25, -0.2) is 8.78 Å². The summed E-state index contributed by atoms with van der Waals surface area (Å²) in [6, 6.07) is 33.9. The first-order chi connectivity index (χ1) is 28.7. The van der Waals surface area contributed by atoms with Gasteiger partial charge in [-0.2, -0.15) is 5.06 Å². The minimum atomic E-state index is -3.24. The van der Waals surface area contributed by atoms with Crippen LogP contribution < -0.4 is 21.5 Å². The van der Waals surface area contributed by atoms with E-state index < -0.39 is 53.7 Å². The first kappa shape index (κ1) is 41.4. The van der Waals surface area contributed by atoms with E-state index in [1.165, 1.54) is 24.4 Å². The van der Waals surface area contributed by atoms with E-state index in [1.807, 2.05) is 73.7 Å². The second kappa shape index (κ2) is 15.9. The molecule has 2 bridgehead atoms. The molecule has 4 atom stereocenters. The molecule has 312 valence electrons. The number of pyridine rings is 1. The molecule has 3 aliphatic rings. The van der Waals surface area contributed by atoms with E-state index in [2.05, 4.69) is 45.0 Å². The van der Waals surface area contributed by atoms with Crippen molar-refractivity contribution in [3.63, 3.8) is 0 Å². The number of benzene rings is 4. The number of nitrogens with zero attached hydrogens (tertiary/aromatic N) is 3. The van der Waals surface area contributed by atoms with Crippen LogP contribution in [0.2, 0.25) is 5.04 Å². The highest BCUT2D eigenvalue weighted by Gasteiger charge is 2.63. The summed E-state index contributed by atoms with van der Waals surface area (Å²) in [6.45, 7) is 8.65. The van der Waals surface area contributed by atoms with Crippen molar-refractivity contribution < 1.29 is 32.4 Å². The van der Waals surface area contributed by atoms with Crippen LogP contribution >= 0.6 is 0 Å². The molecule has 2 fully saturated rings. The minimum absolute atomic E-state index is 0.0356. The smallest absolute Gasteiger partial charge is 0.270 e. The summed E-state index contributed by atoms with van der Waals surface area (Å²) in [7, 11) is -3.24. The summed E-state index contributed by atoms with van der Waals surface area (Å²) in [5.74, 6) is -2.71. The number of amides is 2. The fraction of sp³-hybridized carbons (Fsp3) is 0.340. The van der Waals surface area contributed by atoms with Gasteiger partial charge >= 0.3 is 0 Å². The number of fused-ring (bicyclic) bond motifs is 5. The van der Waals surface area contributed by atoms with Crippen LogP contribution in [0.3, 0.4) is 0 Å². The minimum Gasteiger partial charge on any atom is -0.403 e. The molecule has 4 heterocycles. The number of primary amides is 1. The number of carbonyl (C=O) groups is 2. The predicted octanol–water partition coefficient (Wildman–Crippen LogP) is 6.47. The zero-order valence-corrected chi connectivity index (χ0v) is 35.3. The molecule has 4 unspecified atom stereocenters. The van der Waals surface area contributed by atoms with Crippen LogP contribution in [0.15, 0.2) is 126 Å². The lowest BCUT2D eigenvalue weighted by atomic mass is 9.82. The number of hydrogen-bond acceptors (Lipinski definition) is 7. The molecular formula is C47H50F2N4O6Si. The van der Waals surface area contributed by atoms with E-state index in [1.54, 1.807) is 14.5 Å². The van der Waals surface area contributed by atoms with Gasteiger partial charge in [0.2, 0.25) is 0 Å². The molecule has 5 aromatic rings. The Morgan fingerprint density at radius 1 is 0.917 bits per heavy atom. The third kappa shape index (κ3) is 7.32. The zero-order valence-electron chi connectivity index (χ0n) is 34.3. The van der Waals surface area contributed by atoms with Gasteiger partial charge in [-0.05, 0) is 46.8 Å². The lowest BCUT2D eigenvalue weighted by Gasteiger charge is -2.46. The van der Waals surface area contributed by atoms with Crippen LogP contribution in [0.5, 0.6) is 0 Å². The third-order valence-electron chi connectivity index (χ3n) is 12.6. The van der Waals surface area contributed by atoms with Crippen LogP contribution in [0.25, 0.3) is 0 Å². The standard InChI is InChI=1S/C47H50F2N4O6Si/c1-32-22-23-46(42-28-51(32)44(56)40-25-41(54)38(43(50)55)27-52(40)42)30-47(57-29-33-14-8-5-9-15-33,53(59-46)26-34-20-21-35(48)24-39(34)49)31-58-60(45(2,3)4,36-16-10-6-11-17-36)37-18-12-7-13-19-37/h5-21,24-25,27,32,42H,22-23,26,28-31H2,1-4H3,(H2,50,55). The number of carbonyl (C=O) groups excluding carboxylic acids is 2. The number of halogens is 2. The summed E-state index contributed by atoms with van der Waals surface area (Å²) in [5.41, 5.74) is 3.39. The molecule has 2 amide bonds. The van der Waals surface area contributed by atoms with Gasteiger partial charge in [-0.15, -0.1) is 0 Å². The van der Waals surface area contributed by atoms with Gasteiger partial charge in [-0.3, -0.25) is 19.2 Å². The van der Waals surface area contributed by atoms with E-state index in [-0.39, 0.29) is 61.5 Å². The van der Waals surface area contributed by atoms with Crippen LogP contribution in [0.4, 0.5) is 8.78 Å². The van der Waals surface area contributed by atoms with Crippen LogP contribution in [0, 0.1) is 11.6 Å². The molecule has 10 nitrogen and oxygen atoms in total. The molecule has 2 saturated heterocycles. The second-order valence-corrected chi connectivity index (χ2v) is 21.7. The topological polar surface area (TPSA) is 116 Å². The van der Waals surface area contributed by atoms with Crippen molar-refractivity contribution in [3.05, 3.63) is 166 Å². The lowest BCUT2D eigenvalue weighted by molar-refractivity contribution is -0.301. The molecule has 2 N–H and O–H groups in total. The molecule has 1 aromatic heterocycles. The Balaban J connectivity index is 1.33. The molecule has 13 heteroatoms.